The molecule has 2 unspecified atom stereocenters. The van der Waals surface area contributed by atoms with Crippen molar-refractivity contribution in [3.63, 3.8) is 0 Å². The third-order valence-corrected chi connectivity index (χ3v) is 4.15. The van der Waals surface area contributed by atoms with Gasteiger partial charge in [-0.15, -0.1) is 0 Å². The lowest BCUT2D eigenvalue weighted by molar-refractivity contribution is 0.241. The van der Waals surface area contributed by atoms with E-state index in [2.05, 4.69) is 4.98 Å². The predicted octanol–water partition coefficient (Wildman–Crippen LogP) is 2.62. The number of hydrogen-bond donors (Lipinski definition) is 1. The molecule has 0 aromatic carbocycles. The van der Waals surface area contributed by atoms with Gasteiger partial charge in [0.1, 0.15) is 5.75 Å². The van der Waals surface area contributed by atoms with Gasteiger partial charge in [-0.25, -0.2) is 0 Å². The van der Waals surface area contributed by atoms with E-state index in [0.717, 1.165) is 17.1 Å². The van der Waals surface area contributed by atoms with Crippen molar-refractivity contribution in [3.05, 3.63) is 24.0 Å². The zero-order chi connectivity index (χ0) is 12.3. The minimum atomic E-state index is 0.0909. The zero-order valence-electron chi connectivity index (χ0n) is 10.4. The summed E-state index contributed by atoms with van der Waals surface area (Å²) < 4.78 is 5.64. The van der Waals surface area contributed by atoms with Crippen LogP contribution in [0.25, 0.3) is 0 Å². The maximum absolute atomic E-state index is 6.29. The Balaban J connectivity index is 2.09. The van der Waals surface area contributed by atoms with Gasteiger partial charge >= 0.3 is 0 Å². The molecule has 94 valence electrons. The number of hydrogen-bond acceptors (Lipinski definition) is 4. The largest absolute Gasteiger partial charge is 0.489 e. The summed E-state index contributed by atoms with van der Waals surface area (Å²) in [6.45, 7) is 4.03. The van der Waals surface area contributed by atoms with Gasteiger partial charge in [0.2, 0.25) is 0 Å². The van der Waals surface area contributed by atoms with Crippen molar-refractivity contribution in [1.29, 1.82) is 0 Å². The Hall–Kier alpha value is -0.740. The van der Waals surface area contributed by atoms with Gasteiger partial charge in [-0.05, 0) is 49.3 Å². The van der Waals surface area contributed by atoms with Crippen LogP contribution in [0.3, 0.4) is 0 Å². The maximum Gasteiger partial charge on any atom is 0.138 e. The Morgan fingerprint density at radius 1 is 1.47 bits per heavy atom. The molecule has 0 spiro atoms. The van der Waals surface area contributed by atoms with Crippen molar-refractivity contribution in [2.75, 3.05) is 11.5 Å². The Morgan fingerprint density at radius 2 is 2.29 bits per heavy atom. The van der Waals surface area contributed by atoms with Crippen LogP contribution < -0.4 is 10.5 Å². The van der Waals surface area contributed by atoms with Crippen molar-refractivity contribution >= 4 is 11.8 Å². The van der Waals surface area contributed by atoms with Crippen LogP contribution in [0.15, 0.2) is 18.5 Å². The molecule has 4 heteroatoms. The Bertz CT molecular complexity index is 364. The summed E-state index contributed by atoms with van der Waals surface area (Å²) in [6, 6.07) is 2.12. The molecular formula is C13H20N2OS. The number of thioether (sulfide) groups is 1. The van der Waals surface area contributed by atoms with Crippen LogP contribution in [0, 0.1) is 5.92 Å². The fourth-order valence-corrected chi connectivity index (χ4v) is 3.38. The molecule has 2 rings (SSSR count). The molecule has 2 heterocycles. The van der Waals surface area contributed by atoms with Gasteiger partial charge < -0.3 is 10.5 Å². The molecule has 1 aliphatic heterocycles. The molecule has 17 heavy (non-hydrogen) atoms. The summed E-state index contributed by atoms with van der Waals surface area (Å²) in [5.74, 6) is 3.79. The number of pyridine rings is 1. The van der Waals surface area contributed by atoms with Gasteiger partial charge in [0.15, 0.2) is 0 Å². The first-order chi connectivity index (χ1) is 8.16. The highest BCUT2D eigenvalue weighted by molar-refractivity contribution is 7.99. The summed E-state index contributed by atoms with van der Waals surface area (Å²) in [7, 11) is 0. The predicted molar refractivity (Wildman–Crippen MR) is 72.4 cm³/mol. The van der Waals surface area contributed by atoms with Gasteiger partial charge in [-0.3, -0.25) is 4.98 Å². The van der Waals surface area contributed by atoms with Gasteiger partial charge in [0, 0.05) is 12.2 Å². The topological polar surface area (TPSA) is 48.1 Å². The van der Waals surface area contributed by atoms with E-state index in [0.29, 0.717) is 5.92 Å². The standard InChI is InChI=1S/C13H20N2OS/c1-9(2)16-12-5-11(6-15-7-12)13(14)10-3-4-17-8-10/h5-7,9-10,13H,3-4,8,14H2,1-2H3. The Morgan fingerprint density at radius 3 is 2.94 bits per heavy atom. The van der Waals surface area contributed by atoms with Crippen molar-refractivity contribution in [2.24, 2.45) is 11.7 Å². The van der Waals surface area contributed by atoms with Crippen LogP contribution >= 0.6 is 11.8 Å². The molecule has 1 aliphatic rings. The van der Waals surface area contributed by atoms with E-state index in [9.17, 15) is 0 Å². The van der Waals surface area contributed by atoms with Crippen molar-refractivity contribution in [1.82, 2.24) is 4.98 Å². The highest BCUT2D eigenvalue weighted by atomic mass is 32.2. The minimum Gasteiger partial charge on any atom is -0.489 e. The van der Waals surface area contributed by atoms with E-state index in [1.165, 1.54) is 12.2 Å². The number of aromatic nitrogens is 1. The lowest BCUT2D eigenvalue weighted by Gasteiger charge is -2.19. The molecule has 0 radical (unpaired) electrons. The van der Waals surface area contributed by atoms with Crippen molar-refractivity contribution < 1.29 is 4.74 Å². The summed E-state index contributed by atoms with van der Waals surface area (Å²) in [5, 5.41) is 0. The highest BCUT2D eigenvalue weighted by Crippen LogP contribution is 2.33. The third-order valence-electron chi connectivity index (χ3n) is 2.96. The minimum absolute atomic E-state index is 0.0909. The van der Waals surface area contributed by atoms with Crippen LogP contribution in [0.2, 0.25) is 0 Å². The summed E-state index contributed by atoms with van der Waals surface area (Å²) in [6.07, 6.45) is 4.99. The monoisotopic (exact) mass is 252 g/mol. The van der Waals surface area contributed by atoms with E-state index in [1.54, 1.807) is 6.20 Å². The lowest BCUT2D eigenvalue weighted by Crippen LogP contribution is -2.21. The average Bonchev–Trinajstić information content (AvgIpc) is 2.81. The molecule has 3 nitrogen and oxygen atoms in total. The van der Waals surface area contributed by atoms with Crippen LogP contribution in [-0.2, 0) is 0 Å². The first-order valence-electron chi connectivity index (χ1n) is 6.11. The molecule has 2 N–H and O–H groups in total. The van der Waals surface area contributed by atoms with Gasteiger partial charge in [0.25, 0.3) is 0 Å². The smallest absolute Gasteiger partial charge is 0.138 e. The van der Waals surface area contributed by atoms with Gasteiger partial charge in [0.05, 0.1) is 12.3 Å². The number of nitrogens with two attached hydrogens (primary N) is 1. The Kier molecular flexibility index (Phi) is 4.29. The first kappa shape index (κ1) is 12.7. The van der Waals surface area contributed by atoms with Gasteiger partial charge in [-0.2, -0.15) is 11.8 Å². The summed E-state index contributed by atoms with van der Waals surface area (Å²) in [4.78, 5) is 4.22. The highest BCUT2D eigenvalue weighted by Gasteiger charge is 2.24. The molecular weight excluding hydrogens is 232 g/mol. The second-order valence-corrected chi connectivity index (χ2v) is 5.92. The van der Waals surface area contributed by atoms with Crippen LogP contribution in [0.5, 0.6) is 5.75 Å². The van der Waals surface area contributed by atoms with E-state index < -0.39 is 0 Å². The quantitative estimate of drug-likeness (QED) is 0.895. The number of nitrogens with zero attached hydrogens (tertiary/aromatic N) is 1. The first-order valence-corrected chi connectivity index (χ1v) is 7.27. The molecule has 0 bridgehead atoms. The molecule has 1 fully saturated rings. The Labute approximate surface area is 107 Å². The molecule has 0 saturated carbocycles. The maximum atomic E-state index is 6.29. The average molecular weight is 252 g/mol. The fourth-order valence-electron chi connectivity index (χ4n) is 2.06. The molecule has 2 atom stereocenters. The van der Waals surface area contributed by atoms with E-state index in [1.807, 2.05) is 37.9 Å². The van der Waals surface area contributed by atoms with E-state index in [4.69, 9.17) is 10.5 Å². The second kappa shape index (κ2) is 5.74. The summed E-state index contributed by atoms with van der Waals surface area (Å²) >= 11 is 1.99. The number of rotatable bonds is 4. The molecule has 1 aromatic rings. The SMILES string of the molecule is CC(C)Oc1cncc(C(N)C2CCSC2)c1. The third kappa shape index (κ3) is 3.36. The van der Waals surface area contributed by atoms with E-state index >= 15 is 0 Å². The molecule has 0 amide bonds. The molecule has 1 aromatic heterocycles. The fraction of sp³-hybridized carbons (Fsp3) is 0.615. The van der Waals surface area contributed by atoms with E-state index in [-0.39, 0.29) is 12.1 Å². The summed E-state index contributed by atoms with van der Waals surface area (Å²) in [5.41, 5.74) is 7.38. The van der Waals surface area contributed by atoms with Crippen molar-refractivity contribution in [3.8, 4) is 5.75 Å². The van der Waals surface area contributed by atoms with Gasteiger partial charge in [-0.1, -0.05) is 0 Å². The van der Waals surface area contributed by atoms with Crippen LogP contribution in [0.1, 0.15) is 31.9 Å². The zero-order valence-corrected chi connectivity index (χ0v) is 11.2. The second-order valence-electron chi connectivity index (χ2n) is 4.77. The van der Waals surface area contributed by atoms with Crippen LogP contribution in [-0.4, -0.2) is 22.6 Å². The molecule has 1 saturated heterocycles. The van der Waals surface area contributed by atoms with Crippen LogP contribution in [0.4, 0.5) is 0 Å². The molecule has 0 aliphatic carbocycles. The lowest BCUT2D eigenvalue weighted by atomic mass is 9.94. The number of ether oxygens (including phenoxy) is 1. The normalized spacial score (nSPS) is 21.8. The van der Waals surface area contributed by atoms with Crippen molar-refractivity contribution in [2.45, 2.75) is 32.4 Å².